The molecule has 40 heavy (non-hydrogen) atoms. The Hall–Kier alpha value is -3.42. The van der Waals surface area contributed by atoms with E-state index in [2.05, 4.69) is 15.3 Å². The second-order valence-corrected chi connectivity index (χ2v) is 11.1. The molecule has 2 aliphatic heterocycles. The highest BCUT2D eigenvalue weighted by Gasteiger charge is 2.21. The molecule has 0 radical (unpaired) electrons. The number of thioether (sulfide) groups is 1. The monoisotopic (exact) mass is 568 g/mol. The van der Waals surface area contributed by atoms with Crippen LogP contribution in [0.25, 0.3) is 22.4 Å². The number of morpholine rings is 1. The molecule has 5 rings (SSSR count). The van der Waals surface area contributed by atoms with Crippen molar-refractivity contribution < 1.29 is 19.5 Å². The number of hydroxylamine groups is 1. The summed E-state index contributed by atoms with van der Waals surface area (Å²) >= 11 is 1.87. The summed E-state index contributed by atoms with van der Waals surface area (Å²) in [6.07, 6.45) is 5.62. The van der Waals surface area contributed by atoms with Crippen molar-refractivity contribution in [2.45, 2.75) is 38.6 Å². The summed E-state index contributed by atoms with van der Waals surface area (Å²) < 4.78 is 7.49. The van der Waals surface area contributed by atoms with Crippen molar-refractivity contribution in [1.29, 1.82) is 0 Å². The fourth-order valence-corrected chi connectivity index (χ4v) is 5.78. The van der Waals surface area contributed by atoms with Crippen molar-refractivity contribution in [2.75, 3.05) is 61.1 Å². The van der Waals surface area contributed by atoms with Gasteiger partial charge in [0.05, 0.1) is 24.8 Å². The maximum Gasteiger partial charge on any atom is 0.321 e. The van der Waals surface area contributed by atoms with Crippen LogP contribution in [0, 0.1) is 0 Å². The van der Waals surface area contributed by atoms with E-state index < -0.39 is 0 Å². The van der Waals surface area contributed by atoms with Gasteiger partial charge in [-0.25, -0.2) is 24.9 Å². The molecule has 3 amide bonds. The number of aromatic nitrogens is 4. The summed E-state index contributed by atoms with van der Waals surface area (Å²) in [5, 5.41) is 17.2. The van der Waals surface area contributed by atoms with Crippen molar-refractivity contribution in [2.24, 2.45) is 0 Å². The van der Waals surface area contributed by atoms with E-state index in [1.165, 1.54) is 0 Å². The van der Waals surface area contributed by atoms with Gasteiger partial charge < -0.3 is 19.9 Å². The molecule has 0 atom stereocenters. The fraction of sp³-hybridized carbons (Fsp3) is 0.519. The van der Waals surface area contributed by atoms with Gasteiger partial charge in [0.1, 0.15) is 5.82 Å². The quantitative estimate of drug-likeness (QED) is 0.191. The lowest BCUT2D eigenvalue weighted by Crippen LogP contribution is -2.40. The number of benzene rings is 1. The second-order valence-electron chi connectivity index (χ2n) is 9.88. The van der Waals surface area contributed by atoms with Crippen LogP contribution in [0.5, 0.6) is 0 Å². The Morgan fingerprint density at radius 2 is 1.73 bits per heavy atom. The van der Waals surface area contributed by atoms with Gasteiger partial charge in [-0.1, -0.05) is 12.8 Å². The van der Waals surface area contributed by atoms with Crippen molar-refractivity contribution in [3.05, 3.63) is 30.5 Å². The number of nitrogens with zero attached hydrogens (tertiary/aromatic N) is 6. The number of nitrogens with one attached hydrogen (secondary N) is 2. The van der Waals surface area contributed by atoms with Crippen LogP contribution in [0.15, 0.2) is 30.5 Å². The summed E-state index contributed by atoms with van der Waals surface area (Å²) in [6, 6.07) is 7.59. The molecule has 2 saturated heterocycles. The van der Waals surface area contributed by atoms with Crippen LogP contribution >= 0.6 is 11.8 Å². The number of anilines is 2. The molecule has 4 heterocycles. The third kappa shape index (κ3) is 7.01. The Morgan fingerprint density at radius 3 is 2.48 bits per heavy atom. The predicted octanol–water partition coefficient (Wildman–Crippen LogP) is 3.37. The average molecular weight is 569 g/mol. The van der Waals surface area contributed by atoms with Crippen LogP contribution in [-0.4, -0.2) is 92.7 Å². The van der Waals surface area contributed by atoms with Crippen LogP contribution in [0.3, 0.4) is 0 Å². The maximum atomic E-state index is 12.6. The molecule has 214 valence electrons. The van der Waals surface area contributed by atoms with Gasteiger partial charge in [-0.2, -0.15) is 16.9 Å². The average Bonchev–Trinajstić information content (AvgIpc) is 3.42. The van der Waals surface area contributed by atoms with Gasteiger partial charge in [0.25, 0.3) is 0 Å². The van der Waals surface area contributed by atoms with Gasteiger partial charge in [0.15, 0.2) is 11.5 Å². The molecule has 0 spiro atoms. The Kier molecular flexibility index (Phi) is 9.68. The SMILES string of the molecule is O=C(CCCCCCn1ncc2c(N3CCOCC3)nc(-c3ccc(NC(=O)N4CCSCC4)cc3)nc21)NO. The molecular weight excluding hydrogens is 532 g/mol. The molecule has 0 unspecified atom stereocenters. The summed E-state index contributed by atoms with van der Waals surface area (Å²) in [5.41, 5.74) is 4.06. The van der Waals surface area contributed by atoms with Crippen LogP contribution < -0.4 is 15.7 Å². The lowest BCUT2D eigenvalue weighted by Gasteiger charge is -2.28. The van der Waals surface area contributed by atoms with E-state index in [1.807, 2.05) is 51.8 Å². The van der Waals surface area contributed by atoms with Gasteiger partial charge in [-0.05, 0) is 37.1 Å². The largest absolute Gasteiger partial charge is 0.378 e. The van der Waals surface area contributed by atoms with Gasteiger partial charge in [-0.3, -0.25) is 10.0 Å². The third-order valence-electron chi connectivity index (χ3n) is 7.13. The highest BCUT2D eigenvalue weighted by Crippen LogP contribution is 2.29. The Labute approximate surface area is 237 Å². The number of unbranched alkanes of at least 4 members (excludes halogenated alkanes) is 3. The smallest absolute Gasteiger partial charge is 0.321 e. The molecule has 2 fully saturated rings. The molecule has 3 N–H and O–H groups in total. The lowest BCUT2D eigenvalue weighted by molar-refractivity contribution is -0.129. The first-order valence-corrected chi connectivity index (χ1v) is 15.0. The summed E-state index contributed by atoms with van der Waals surface area (Å²) in [6.45, 7) is 5.02. The number of aryl methyl sites for hydroxylation is 1. The Bertz CT molecular complexity index is 1290. The minimum Gasteiger partial charge on any atom is -0.378 e. The molecule has 12 nitrogen and oxygen atoms in total. The molecule has 1 aromatic carbocycles. The zero-order valence-electron chi connectivity index (χ0n) is 22.5. The Morgan fingerprint density at radius 1 is 0.975 bits per heavy atom. The zero-order chi connectivity index (χ0) is 27.7. The molecule has 13 heteroatoms. The summed E-state index contributed by atoms with van der Waals surface area (Å²) in [4.78, 5) is 37.8. The van der Waals surface area contributed by atoms with Crippen LogP contribution in [0.4, 0.5) is 16.3 Å². The molecular formula is C27H36N8O4S. The predicted molar refractivity (Wildman–Crippen MR) is 155 cm³/mol. The van der Waals surface area contributed by atoms with E-state index in [0.717, 1.165) is 91.5 Å². The number of carbonyl (C=O) groups excluding carboxylic acids is 2. The van der Waals surface area contributed by atoms with E-state index in [0.29, 0.717) is 32.0 Å². The molecule has 0 saturated carbocycles. The number of ether oxygens (including phenoxy) is 1. The number of urea groups is 1. The van der Waals surface area contributed by atoms with Crippen LogP contribution in [-0.2, 0) is 16.1 Å². The van der Waals surface area contributed by atoms with Crippen molar-refractivity contribution >= 4 is 46.2 Å². The topological polar surface area (TPSA) is 138 Å². The van der Waals surface area contributed by atoms with Crippen molar-refractivity contribution in [3.63, 3.8) is 0 Å². The fourth-order valence-electron chi connectivity index (χ4n) is 4.88. The highest BCUT2D eigenvalue weighted by atomic mass is 32.2. The molecule has 0 bridgehead atoms. The molecule has 3 aromatic rings. The zero-order valence-corrected chi connectivity index (χ0v) is 23.4. The molecule has 2 aliphatic rings. The molecule has 2 aromatic heterocycles. The lowest BCUT2D eigenvalue weighted by atomic mass is 10.1. The van der Waals surface area contributed by atoms with E-state index >= 15 is 0 Å². The van der Waals surface area contributed by atoms with E-state index in [1.54, 1.807) is 5.48 Å². The minimum absolute atomic E-state index is 0.0686. The van der Waals surface area contributed by atoms with E-state index in [-0.39, 0.29) is 11.9 Å². The van der Waals surface area contributed by atoms with Gasteiger partial charge >= 0.3 is 6.03 Å². The Balaban J connectivity index is 1.32. The van der Waals surface area contributed by atoms with Crippen LogP contribution in [0.2, 0.25) is 0 Å². The third-order valence-corrected chi connectivity index (χ3v) is 8.07. The standard InChI is InChI=1S/C27H36N8O4S/c36-23(32-38)5-3-1-2-4-10-35-26-22(19-28-35)25(33-11-15-39-16-12-33)30-24(31-26)20-6-8-21(9-7-20)29-27(37)34-13-17-40-18-14-34/h6-9,19,38H,1-5,10-18H2,(H,29,37)(H,32,36). The summed E-state index contributed by atoms with van der Waals surface area (Å²) in [5.74, 6) is 3.05. The number of hydrogen-bond donors (Lipinski definition) is 3. The number of hydrogen-bond acceptors (Lipinski definition) is 9. The van der Waals surface area contributed by atoms with Crippen molar-refractivity contribution in [1.82, 2.24) is 30.1 Å². The van der Waals surface area contributed by atoms with Crippen LogP contribution in [0.1, 0.15) is 32.1 Å². The first-order chi connectivity index (χ1) is 19.6. The minimum atomic E-state index is -0.352. The highest BCUT2D eigenvalue weighted by molar-refractivity contribution is 7.99. The second kappa shape index (κ2) is 13.8. The summed E-state index contributed by atoms with van der Waals surface area (Å²) in [7, 11) is 0. The first-order valence-electron chi connectivity index (χ1n) is 13.9. The maximum absolute atomic E-state index is 12.6. The number of rotatable bonds is 10. The normalized spacial score (nSPS) is 15.8. The number of amides is 3. The van der Waals surface area contributed by atoms with Gasteiger partial charge in [0, 0.05) is 61.9 Å². The van der Waals surface area contributed by atoms with Crippen molar-refractivity contribution in [3.8, 4) is 11.4 Å². The number of fused-ring (bicyclic) bond motifs is 1. The van der Waals surface area contributed by atoms with E-state index in [9.17, 15) is 9.59 Å². The van der Waals surface area contributed by atoms with E-state index in [4.69, 9.17) is 19.9 Å². The van der Waals surface area contributed by atoms with Gasteiger partial charge in [-0.15, -0.1) is 0 Å². The first kappa shape index (κ1) is 28.1. The van der Waals surface area contributed by atoms with Gasteiger partial charge in [0.2, 0.25) is 5.91 Å². The number of carbonyl (C=O) groups is 2. The molecule has 0 aliphatic carbocycles.